The number of aryl methyl sites for hydroxylation is 1. The van der Waals surface area contributed by atoms with E-state index >= 15 is 0 Å². The molecule has 0 bridgehead atoms. The number of fused-ring (bicyclic) bond motifs is 1. The van der Waals surface area contributed by atoms with Crippen molar-refractivity contribution in [2.24, 2.45) is 0 Å². The summed E-state index contributed by atoms with van der Waals surface area (Å²) in [6.07, 6.45) is 4.40. The van der Waals surface area contributed by atoms with Crippen LogP contribution in [0.25, 0.3) is 0 Å². The molecule has 0 aromatic carbocycles. The van der Waals surface area contributed by atoms with E-state index in [2.05, 4.69) is 26.8 Å². The highest BCUT2D eigenvalue weighted by atomic mass is 35.5. The van der Waals surface area contributed by atoms with Crippen molar-refractivity contribution in [3.63, 3.8) is 0 Å². The van der Waals surface area contributed by atoms with E-state index in [1.165, 1.54) is 0 Å². The number of pyridine rings is 1. The van der Waals surface area contributed by atoms with Gasteiger partial charge in [-0.05, 0) is 18.1 Å². The molecule has 0 fully saturated rings. The predicted molar refractivity (Wildman–Crippen MR) is 85.9 cm³/mol. The van der Waals surface area contributed by atoms with Gasteiger partial charge in [-0.1, -0.05) is 24.6 Å². The van der Waals surface area contributed by atoms with Crippen LogP contribution in [0.5, 0.6) is 0 Å². The van der Waals surface area contributed by atoms with Crippen molar-refractivity contribution in [3.05, 3.63) is 56.5 Å². The Morgan fingerprint density at radius 3 is 3.00 bits per heavy atom. The number of aromatic amines is 1. The maximum absolute atomic E-state index is 12.3. The van der Waals surface area contributed by atoms with E-state index in [0.717, 1.165) is 55.0 Å². The van der Waals surface area contributed by atoms with E-state index in [4.69, 9.17) is 11.6 Å². The first-order valence-corrected chi connectivity index (χ1v) is 7.97. The molecule has 0 spiro atoms. The van der Waals surface area contributed by atoms with Gasteiger partial charge in [-0.3, -0.25) is 9.69 Å². The molecular weight excluding hydrogens is 300 g/mol. The first-order chi connectivity index (χ1) is 10.7. The second-order valence-corrected chi connectivity index (χ2v) is 6.02. The molecule has 0 radical (unpaired) electrons. The van der Waals surface area contributed by atoms with Crippen LogP contribution in [0.2, 0.25) is 5.15 Å². The second kappa shape index (κ2) is 6.58. The zero-order valence-corrected chi connectivity index (χ0v) is 13.4. The van der Waals surface area contributed by atoms with Crippen LogP contribution in [0.3, 0.4) is 0 Å². The fraction of sp³-hybridized carbons (Fsp3) is 0.438. The molecule has 1 aliphatic heterocycles. The van der Waals surface area contributed by atoms with Gasteiger partial charge in [-0.15, -0.1) is 0 Å². The highest BCUT2D eigenvalue weighted by Gasteiger charge is 2.21. The lowest BCUT2D eigenvalue weighted by Crippen LogP contribution is -2.35. The van der Waals surface area contributed by atoms with Gasteiger partial charge in [0.1, 0.15) is 11.0 Å². The van der Waals surface area contributed by atoms with E-state index in [0.29, 0.717) is 11.7 Å². The van der Waals surface area contributed by atoms with Crippen LogP contribution >= 0.6 is 11.6 Å². The smallest absolute Gasteiger partial charge is 0.255 e. The maximum atomic E-state index is 12.3. The molecule has 1 aliphatic rings. The number of hydrogen-bond donors (Lipinski definition) is 1. The van der Waals surface area contributed by atoms with Gasteiger partial charge in [0.05, 0.1) is 11.3 Å². The molecule has 0 unspecified atom stereocenters. The molecule has 116 valence electrons. The Hall–Kier alpha value is -1.72. The minimum Gasteiger partial charge on any atom is -0.310 e. The quantitative estimate of drug-likeness (QED) is 0.879. The highest BCUT2D eigenvalue weighted by molar-refractivity contribution is 6.29. The Kier molecular flexibility index (Phi) is 4.55. The number of H-pyrrole nitrogens is 1. The first kappa shape index (κ1) is 15.2. The number of nitrogens with zero attached hydrogens (tertiary/aromatic N) is 3. The lowest BCUT2D eigenvalue weighted by Gasteiger charge is -2.27. The maximum Gasteiger partial charge on any atom is 0.255 e. The SMILES string of the molecule is CCCc1nc2c(c(=O)[nH]1)CN(Cc1ccc(Cl)nc1)CC2. The van der Waals surface area contributed by atoms with Crippen molar-refractivity contribution in [2.45, 2.75) is 39.3 Å². The van der Waals surface area contributed by atoms with Gasteiger partial charge in [0.15, 0.2) is 0 Å². The van der Waals surface area contributed by atoms with E-state index in [9.17, 15) is 4.79 Å². The standard InChI is InChI=1S/C16H19ClN4O/c1-2-3-15-19-13-6-7-21(10-12(13)16(22)20-15)9-11-4-5-14(17)18-8-11/h4-5,8H,2-3,6-7,9-10H2,1H3,(H,19,20,22). The third-order valence-corrected chi connectivity index (χ3v) is 4.10. The Balaban J connectivity index is 1.76. The molecule has 2 aromatic rings. The van der Waals surface area contributed by atoms with Gasteiger partial charge in [0.25, 0.3) is 5.56 Å². The number of aromatic nitrogens is 3. The lowest BCUT2D eigenvalue weighted by atomic mass is 10.1. The molecule has 3 heterocycles. The summed E-state index contributed by atoms with van der Waals surface area (Å²) in [6.45, 7) is 4.38. The minimum absolute atomic E-state index is 0.00683. The number of halogens is 1. The van der Waals surface area contributed by atoms with Gasteiger partial charge in [-0.2, -0.15) is 0 Å². The average molecular weight is 319 g/mol. The highest BCUT2D eigenvalue weighted by Crippen LogP contribution is 2.17. The van der Waals surface area contributed by atoms with E-state index in [1.807, 2.05) is 6.07 Å². The first-order valence-electron chi connectivity index (χ1n) is 7.59. The molecule has 0 saturated carbocycles. The Bertz CT molecular complexity index is 711. The summed E-state index contributed by atoms with van der Waals surface area (Å²) >= 11 is 5.80. The van der Waals surface area contributed by atoms with E-state index in [-0.39, 0.29) is 5.56 Å². The van der Waals surface area contributed by atoms with E-state index in [1.54, 1.807) is 12.3 Å². The van der Waals surface area contributed by atoms with Gasteiger partial charge >= 0.3 is 0 Å². The molecule has 0 atom stereocenters. The molecule has 2 aromatic heterocycles. The number of nitrogens with one attached hydrogen (secondary N) is 1. The summed E-state index contributed by atoms with van der Waals surface area (Å²) in [4.78, 5) is 26.1. The minimum atomic E-state index is 0.00683. The Morgan fingerprint density at radius 2 is 2.27 bits per heavy atom. The van der Waals surface area contributed by atoms with Crippen molar-refractivity contribution in [1.29, 1.82) is 0 Å². The monoisotopic (exact) mass is 318 g/mol. The predicted octanol–water partition coefficient (Wildman–Crippen LogP) is 2.33. The summed E-state index contributed by atoms with van der Waals surface area (Å²) in [5.41, 5.74) is 2.86. The zero-order valence-electron chi connectivity index (χ0n) is 12.6. The molecule has 0 amide bonds. The topological polar surface area (TPSA) is 61.9 Å². The van der Waals surface area contributed by atoms with Crippen LogP contribution in [0.15, 0.2) is 23.1 Å². The van der Waals surface area contributed by atoms with Gasteiger partial charge in [-0.25, -0.2) is 9.97 Å². The van der Waals surface area contributed by atoms with Crippen LogP contribution in [0, 0.1) is 0 Å². The van der Waals surface area contributed by atoms with Crippen molar-refractivity contribution < 1.29 is 0 Å². The fourth-order valence-corrected chi connectivity index (χ4v) is 2.89. The van der Waals surface area contributed by atoms with Gasteiger partial charge in [0.2, 0.25) is 0 Å². The third-order valence-electron chi connectivity index (χ3n) is 3.88. The normalized spacial score (nSPS) is 14.8. The molecule has 0 saturated heterocycles. The van der Waals surface area contributed by atoms with Crippen LogP contribution in [0.1, 0.15) is 36.0 Å². The van der Waals surface area contributed by atoms with Crippen LogP contribution < -0.4 is 5.56 Å². The molecule has 0 aliphatic carbocycles. The van der Waals surface area contributed by atoms with Crippen molar-refractivity contribution >= 4 is 11.6 Å². The zero-order chi connectivity index (χ0) is 15.5. The fourth-order valence-electron chi connectivity index (χ4n) is 2.78. The van der Waals surface area contributed by atoms with Crippen LogP contribution in [0.4, 0.5) is 0 Å². The Morgan fingerprint density at radius 1 is 1.41 bits per heavy atom. The van der Waals surface area contributed by atoms with Crippen molar-refractivity contribution in [2.75, 3.05) is 6.54 Å². The molecule has 5 nitrogen and oxygen atoms in total. The molecular formula is C16H19ClN4O. The van der Waals surface area contributed by atoms with Crippen LogP contribution in [-0.2, 0) is 25.9 Å². The number of hydrogen-bond acceptors (Lipinski definition) is 4. The lowest BCUT2D eigenvalue weighted by molar-refractivity contribution is 0.241. The van der Waals surface area contributed by atoms with E-state index < -0.39 is 0 Å². The third kappa shape index (κ3) is 3.36. The molecule has 22 heavy (non-hydrogen) atoms. The second-order valence-electron chi connectivity index (χ2n) is 5.64. The van der Waals surface area contributed by atoms with Gasteiger partial charge in [0, 0.05) is 38.7 Å². The summed E-state index contributed by atoms with van der Waals surface area (Å²) in [5.74, 6) is 0.807. The molecule has 3 rings (SSSR count). The summed E-state index contributed by atoms with van der Waals surface area (Å²) in [7, 11) is 0. The Labute approximate surface area is 134 Å². The molecule has 6 heteroatoms. The summed E-state index contributed by atoms with van der Waals surface area (Å²) in [6, 6.07) is 3.76. The summed E-state index contributed by atoms with van der Waals surface area (Å²) in [5, 5.41) is 0.497. The van der Waals surface area contributed by atoms with Crippen molar-refractivity contribution in [1.82, 2.24) is 19.9 Å². The van der Waals surface area contributed by atoms with Gasteiger partial charge < -0.3 is 4.98 Å². The number of rotatable bonds is 4. The van der Waals surface area contributed by atoms with Crippen molar-refractivity contribution in [3.8, 4) is 0 Å². The largest absolute Gasteiger partial charge is 0.310 e. The van der Waals surface area contributed by atoms with Crippen LogP contribution in [-0.4, -0.2) is 26.4 Å². The summed E-state index contributed by atoms with van der Waals surface area (Å²) < 4.78 is 0. The average Bonchev–Trinajstić information content (AvgIpc) is 2.51. The molecule has 1 N–H and O–H groups in total.